The molecule has 1 aliphatic rings. The van der Waals surface area contributed by atoms with Crippen molar-refractivity contribution >= 4 is 28.4 Å². The van der Waals surface area contributed by atoms with Gasteiger partial charge in [0.05, 0.1) is 18.2 Å². The van der Waals surface area contributed by atoms with Gasteiger partial charge in [-0.15, -0.1) is 5.10 Å². The highest BCUT2D eigenvalue weighted by molar-refractivity contribution is 6.13. The normalized spacial score (nSPS) is 19.4. The van der Waals surface area contributed by atoms with E-state index < -0.39 is 0 Å². The van der Waals surface area contributed by atoms with Crippen molar-refractivity contribution in [1.82, 2.24) is 30.0 Å². The number of carbonyl (C=O) groups is 1. The molecule has 1 aromatic carbocycles. The lowest BCUT2D eigenvalue weighted by Gasteiger charge is -2.38. The first-order valence-corrected chi connectivity index (χ1v) is 9.46. The fourth-order valence-electron chi connectivity index (χ4n) is 3.74. The van der Waals surface area contributed by atoms with E-state index in [1.807, 2.05) is 6.07 Å². The summed E-state index contributed by atoms with van der Waals surface area (Å²) in [5, 5.41) is 11.1. The van der Waals surface area contributed by atoms with Crippen LogP contribution in [0.3, 0.4) is 0 Å². The van der Waals surface area contributed by atoms with Crippen molar-refractivity contribution in [2.75, 3.05) is 30.4 Å². The number of hydrogen-bond acceptors (Lipinski definition) is 8. The minimum atomic E-state index is -0.337. The number of fused-ring (bicyclic) bond motifs is 1. The van der Waals surface area contributed by atoms with E-state index in [-0.39, 0.29) is 17.9 Å². The van der Waals surface area contributed by atoms with Crippen LogP contribution < -0.4 is 20.3 Å². The molecular weight excluding hydrogens is 372 g/mol. The van der Waals surface area contributed by atoms with Crippen molar-refractivity contribution in [3.05, 3.63) is 30.2 Å². The molecule has 0 spiro atoms. The number of carbonyl (C=O) groups excluding carboxylic acids is 1. The average molecular weight is 396 g/mol. The molecule has 2 atom stereocenters. The molecule has 2 N–H and O–H groups in total. The number of aryl methyl sites for hydroxylation is 1. The van der Waals surface area contributed by atoms with Crippen LogP contribution in [0.1, 0.15) is 24.2 Å². The lowest BCUT2D eigenvalue weighted by molar-refractivity contribution is 0.102. The molecule has 1 amide bonds. The van der Waals surface area contributed by atoms with Crippen LogP contribution in [0.15, 0.2) is 24.7 Å². The number of amides is 1. The number of nitrogens with one attached hydrogen (secondary N) is 2. The second-order valence-corrected chi connectivity index (χ2v) is 7.32. The monoisotopic (exact) mass is 396 g/mol. The summed E-state index contributed by atoms with van der Waals surface area (Å²) in [5.41, 5.74) is 1.94. The number of aromatic nitrogens is 5. The van der Waals surface area contributed by atoms with E-state index in [0.29, 0.717) is 23.2 Å². The largest absolute Gasteiger partial charge is 0.467 e. The highest BCUT2D eigenvalue weighted by Crippen LogP contribution is 2.30. The second-order valence-electron chi connectivity index (χ2n) is 7.32. The van der Waals surface area contributed by atoms with Crippen LogP contribution in [0.25, 0.3) is 10.9 Å². The van der Waals surface area contributed by atoms with Crippen LogP contribution in [0.2, 0.25) is 0 Å². The zero-order valence-corrected chi connectivity index (χ0v) is 16.9. The van der Waals surface area contributed by atoms with Gasteiger partial charge in [-0.05, 0) is 26.0 Å². The molecule has 1 fully saturated rings. The van der Waals surface area contributed by atoms with E-state index in [1.54, 1.807) is 19.3 Å². The zero-order chi connectivity index (χ0) is 20.5. The average Bonchev–Trinajstić information content (AvgIpc) is 3.10. The summed E-state index contributed by atoms with van der Waals surface area (Å²) >= 11 is 0. The van der Waals surface area contributed by atoms with Crippen molar-refractivity contribution < 1.29 is 9.53 Å². The van der Waals surface area contributed by atoms with Crippen LogP contribution in [0, 0.1) is 0 Å². The van der Waals surface area contributed by atoms with Gasteiger partial charge in [0.2, 0.25) is 5.95 Å². The van der Waals surface area contributed by atoms with Gasteiger partial charge in [0.1, 0.15) is 6.33 Å². The summed E-state index contributed by atoms with van der Waals surface area (Å²) in [5.74, 6) is -0.101. The van der Waals surface area contributed by atoms with Crippen molar-refractivity contribution in [3.63, 3.8) is 0 Å². The van der Waals surface area contributed by atoms with Gasteiger partial charge in [-0.1, -0.05) is 0 Å². The van der Waals surface area contributed by atoms with Crippen molar-refractivity contribution in [2.45, 2.75) is 25.9 Å². The number of hydrogen-bond donors (Lipinski definition) is 2. The summed E-state index contributed by atoms with van der Waals surface area (Å²) in [6, 6.07) is 4.64. The predicted molar refractivity (Wildman–Crippen MR) is 109 cm³/mol. The summed E-state index contributed by atoms with van der Waals surface area (Å²) in [4.78, 5) is 28.0. The van der Waals surface area contributed by atoms with Crippen LogP contribution in [0.5, 0.6) is 6.01 Å². The van der Waals surface area contributed by atoms with Gasteiger partial charge in [-0.3, -0.25) is 14.8 Å². The van der Waals surface area contributed by atoms with Gasteiger partial charge in [0.15, 0.2) is 0 Å². The third kappa shape index (κ3) is 3.83. The Morgan fingerprint density at radius 2 is 2.00 bits per heavy atom. The standard InChI is InChI=1S/C19H24N8O2/c1-11-8-27(9-12(2)22-11)15-6-5-13(16-14(15)7-20-19(23-16)29-4)17(28)24-18-21-10-26(3)25-18/h5-7,10-12,22H,8-9H2,1-4H3,(H,24,25,28)/t11-,12+. The van der Waals surface area contributed by atoms with Gasteiger partial charge >= 0.3 is 6.01 Å². The Morgan fingerprint density at radius 3 is 2.66 bits per heavy atom. The lowest BCUT2D eigenvalue weighted by Crippen LogP contribution is -2.54. The summed E-state index contributed by atoms with van der Waals surface area (Å²) in [6.45, 7) is 6.03. The Labute approximate surface area is 168 Å². The number of anilines is 2. The number of rotatable bonds is 4. The molecule has 1 aliphatic heterocycles. The molecule has 1 saturated heterocycles. The minimum Gasteiger partial charge on any atom is -0.467 e. The number of methoxy groups -OCH3 is 1. The molecule has 3 aromatic rings. The molecule has 29 heavy (non-hydrogen) atoms. The maximum atomic E-state index is 12.9. The summed E-state index contributed by atoms with van der Waals surface area (Å²) < 4.78 is 6.72. The molecule has 0 radical (unpaired) electrons. The Kier molecular flexibility index (Phi) is 5.01. The van der Waals surface area contributed by atoms with E-state index in [9.17, 15) is 4.79 Å². The highest BCUT2D eigenvalue weighted by Gasteiger charge is 2.24. The smallest absolute Gasteiger partial charge is 0.316 e. The first kappa shape index (κ1) is 19.1. The first-order valence-electron chi connectivity index (χ1n) is 9.46. The van der Waals surface area contributed by atoms with Gasteiger partial charge in [-0.25, -0.2) is 9.97 Å². The Morgan fingerprint density at radius 1 is 1.24 bits per heavy atom. The Hall–Kier alpha value is -3.27. The van der Waals surface area contributed by atoms with Crippen molar-refractivity contribution in [1.29, 1.82) is 0 Å². The maximum absolute atomic E-state index is 12.9. The topological polar surface area (TPSA) is 110 Å². The molecule has 0 aliphatic carbocycles. The van der Waals surface area contributed by atoms with E-state index in [2.05, 4.69) is 49.4 Å². The predicted octanol–water partition coefficient (Wildman–Crippen LogP) is 1.21. The van der Waals surface area contributed by atoms with E-state index >= 15 is 0 Å². The SMILES string of the molecule is COc1ncc2c(N3C[C@@H](C)N[C@@H](C)C3)ccc(C(=O)Nc3ncn(C)n3)c2n1. The van der Waals surface area contributed by atoms with Gasteiger partial charge in [-0.2, -0.15) is 4.98 Å². The molecule has 2 aromatic heterocycles. The quantitative estimate of drug-likeness (QED) is 0.677. The zero-order valence-electron chi connectivity index (χ0n) is 16.9. The molecule has 152 valence electrons. The minimum absolute atomic E-state index is 0.210. The molecule has 0 bridgehead atoms. The van der Waals surface area contributed by atoms with Crippen molar-refractivity contribution in [2.24, 2.45) is 7.05 Å². The van der Waals surface area contributed by atoms with E-state index in [4.69, 9.17) is 4.74 Å². The second kappa shape index (κ2) is 7.63. The van der Waals surface area contributed by atoms with E-state index in [0.717, 1.165) is 24.2 Å². The molecular formula is C19H24N8O2. The first-order chi connectivity index (χ1) is 13.9. The molecule has 0 unspecified atom stereocenters. The summed E-state index contributed by atoms with van der Waals surface area (Å²) in [6.07, 6.45) is 3.23. The van der Waals surface area contributed by atoms with Crippen LogP contribution in [-0.4, -0.2) is 62.9 Å². The fraction of sp³-hybridized carbons (Fsp3) is 0.421. The third-order valence-corrected chi connectivity index (χ3v) is 4.86. The maximum Gasteiger partial charge on any atom is 0.316 e. The molecule has 0 saturated carbocycles. The molecule has 3 heterocycles. The fourth-order valence-corrected chi connectivity index (χ4v) is 3.74. The number of nitrogens with zero attached hydrogens (tertiary/aromatic N) is 6. The number of ether oxygens (including phenoxy) is 1. The van der Waals surface area contributed by atoms with E-state index in [1.165, 1.54) is 18.1 Å². The van der Waals surface area contributed by atoms with Gasteiger partial charge < -0.3 is 15.0 Å². The Balaban J connectivity index is 1.76. The highest BCUT2D eigenvalue weighted by atomic mass is 16.5. The van der Waals surface area contributed by atoms with Crippen molar-refractivity contribution in [3.8, 4) is 6.01 Å². The molecule has 10 heteroatoms. The van der Waals surface area contributed by atoms with Gasteiger partial charge in [0.25, 0.3) is 5.91 Å². The van der Waals surface area contributed by atoms with Gasteiger partial charge in [0, 0.05) is 49.5 Å². The third-order valence-electron chi connectivity index (χ3n) is 4.86. The Bertz CT molecular complexity index is 1040. The van der Waals surface area contributed by atoms with Crippen LogP contribution >= 0.6 is 0 Å². The molecule has 10 nitrogen and oxygen atoms in total. The lowest BCUT2D eigenvalue weighted by atomic mass is 10.0. The number of piperazine rings is 1. The summed E-state index contributed by atoms with van der Waals surface area (Å²) in [7, 11) is 3.24. The molecule has 4 rings (SSSR count). The van der Waals surface area contributed by atoms with Crippen LogP contribution in [0.4, 0.5) is 11.6 Å². The number of benzene rings is 1. The van der Waals surface area contributed by atoms with Crippen LogP contribution in [-0.2, 0) is 7.05 Å².